The zero-order chi connectivity index (χ0) is 18.5. The van der Waals surface area contributed by atoms with E-state index in [-0.39, 0.29) is 12.1 Å². The molecular weight excluding hydrogens is 294 g/mol. The van der Waals surface area contributed by atoms with Crippen LogP contribution in [0.2, 0.25) is 0 Å². The largest absolute Gasteiger partial charge is 0.463 e. The van der Waals surface area contributed by atoms with Crippen molar-refractivity contribution >= 4 is 17.8 Å². The second-order valence-electron chi connectivity index (χ2n) is 3.34. The molecule has 0 amide bonds. The Labute approximate surface area is 139 Å². The lowest BCUT2D eigenvalue weighted by atomic mass is 10.2. The van der Waals surface area contributed by atoms with Gasteiger partial charge in [-0.2, -0.15) is 9.59 Å². The predicted molar refractivity (Wildman–Crippen MR) is 92.8 cm³/mol. The zero-order valence-electron chi connectivity index (χ0n) is 15.0. The number of carbonyl (C=O) groups is 1. The van der Waals surface area contributed by atoms with Crippen LogP contribution in [0, 0.1) is 0 Å². The van der Waals surface area contributed by atoms with Gasteiger partial charge in [-0.15, -0.1) is 0 Å². The molecule has 0 bridgehead atoms. The van der Waals surface area contributed by atoms with E-state index in [1.54, 1.807) is 13.1 Å². The molecule has 0 aliphatic heterocycles. The molecule has 0 aliphatic carbocycles. The number of carbonyl (C=O) groups excluding carboxylic acids is 3. The zero-order valence-corrected chi connectivity index (χ0v) is 15.0. The quantitative estimate of drug-likeness (QED) is 0.641. The van der Waals surface area contributed by atoms with Crippen molar-refractivity contribution in [2.75, 3.05) is 11.9 Å². The minimum Gasteiger partial charge on any atom is -0.463 e. The van der Waals surface area contributed by atoms with Crippen molar-refractivity contribution in [1.82, 2.24) is 0 Å². The van der Waals surface area contributed by atoms with Gasteiger partial charge in [0.15, 0.2) is 0 Å². The van der Waals surface area contributed by atoms with Crippen molar-refractivity contribution in [3.63, 3.8) is 0 Å². The molecule has 23 heavy (non-hydrogen) atoms. The van der Waals surface area contributed by atoms with Gasteiger partial charge in [-0.1, -0.05) is 52.8 Å². The van der Waals surface area contributed by atoms with Crippen LogP contribution in [0.4, 0.5) is 5.69 Å². The molecule has 130 valence electrons. The molecule has 0 radical (unpaired) electrons. The van der Waals surface area contributed by atoms with Gasteiger partial charge in [0.25, 0.3) is 0 Å². The highest BCUT2D eigenvalue weighted by Crippen LogP contribution is 2.08. The Bertz CT molecular complexity index is 436. The maximum Gasteiger partial charge on any atom is 0.373 e. The summed E-state index contributed by atoms with van der Waals surface area (Å²) in [5.74, 6) is -0.256. The first kappa shape index (κ1) is 25.6. The normalized spacial score (nSPS) is 8.52. The van der Waals surface area contributed by atoms with Crippen LogP contribution in [0.3, 0.4) is 0 Å². The number of rotatable bonds is 5. The predicted octanol–water partition coefficient (Wildman–Crippen LogP) is 4.42. The number of hydrogen-bond donors (Lipinski definition) is 1. The van der Waals surface area contributed by atoms with Crippen LogP contribution in [-0.4, -0.2) is 18.7 Å². The van der Waals surface area contributed by atoms with E-state index >= 15 is 0 Å². The number of para-hydroxylation sites is 1. The molecule has 1 N–H and O–H groups in total. The van der Waals surface area contributed by atoms with Crippen molar-refractivity contribution in [3.05, 3.63) is 42.1 Å². The second kappa shape index (κ2) is 21.9. The van der Waals surface area contributed by atoms with E-state index in [9.17, 15) is 4.79 Å². The van der Waals surface area contributed by atoms with Crippen molar-refractivity contribution in [3.8, 4) is 0 Å². The van der Waals surface area contributed by atoms with E-state index in [4.69, 9.17) is 14.3 Å². The molecule has 0 unspecified atom stereocenters. The molecule has 0 saturated carbocycles. The minimum atomic E-state index is -0.256. The Hall–Kier alpha value is -2.39. The maximum absolute atomic E-state index is 11.5. The Kier molecular flexibility index (Phi) is 24.3. The third-order valence-electron chi connectivity index (χ3n) is 2.11. The lowest BCUT2D eigenvalue weighted by molar-refractivity contribution is -0.191. The van der Waals surface area contributed by atoms with E-state index < -0.39 is 0 Å². The second-order valence-corrected chi connectivity index (χ2v) is 3.34. The number of esters is 1. The van der Waals surface area contributed by atoms with Gasteiger partial charge in [0, 0.05) is 11.9 Å². The summed E-state index contributed by atoms with van der Waals surface area (Å²) >= 11 is 0. The molecule has 5 nitrogen and oxygen atoms in total. The van der Waals surface area contributed by atoms with Crippen molar-refractivity contribution in [1.29, 1.82) is 0 Å². The van der Waals surface area contributed by atoms with E-state index in [0.717, 1.165) is 5.69 Å². The molecule has 0 atom stereocenters. The van der Waals surface area contributed by atoms with Gasteiger partial charge in [0.1, 0.15) is 0 Å². The summed E-state index contributed by atoms with van der Waals surface area (Å²) in [5, 5.41) is 3.07. The summed E-state index contributed by atoms with van der Waals surface area (Å²) in [4.78, 5) is 27.7. The Morgan fingerprint density at radius 3 is 1.96 bits per heavy atom. The minimum absolute atomic E-state index is 0.250. The van der Waals surface area contributed by atoms with Crippen molar-refractivity contribution in [2.24, 2.45) is 0 Å². The third-order valence-corrected chi connectivity index (χ3v) is 2.11. The lowest BCUT2D eigenvalue weighted by Gasteiger charge is -2.05. The lowest BCUT2D eigenvalue weighted by Crippen LogP contribution is -2.08. The van der Waals surface area contributed by atoms with Gasteiger partial charge >= 0.3 is 12.1 Å². The average molecular weight is 323 g/mol. The highest BCUT2D eigenvalue weighted by Gasteiger charge is 2.07. The fraction of sp³-hybridized carbons (Fsp3) is 0.444. The third kappa shape index (κ3) is 15.8. The van der Waals surface area contributed by atoms with E-state index in [0.29, 0.717) is 18.6 Å². The standard InChI is InChI=1S/C13H17NO2.2C2H6.CO2/c1-3-11(13(15)16-4-2)10-14-12-8-6-5-7-9-12;2*1-2;2-1-3/h5-10,14H,3-4H2,1-2H3;2*1-2H3;/b11-10+;;;. The maximum atomic E-state index is 11.5. The van der Waals surface area contributed by atoms with Crippen LogP contribution < -0.4 is 5.32 Å². The molecule has 0 fully saturated rings. The molecule has 1 rings (SSSR count). The smallest absolute Gasteiger partial charge is 0.373 e. The number of nitrogens with one attached hydrogen (secondary N) is 1. The molecule has 5 heteroatoms. The van der Waals surface area contributed by atoms with Gasteiger partial charge < -0.3 is 10.1 Å². The summed E-state index contributed by atoms with van der Waals surface area (Å²) in [6.45, 7) is 12.1. The SMILES string of the molecule is CC.CC.CCOC(=O)/C(=C/Nc1ccccc1)CC.O=C=O. The van der Waals surface area contributed by atoms with Gasteiger partial charge in [-0.3, -0.25) is 0 Å². The number of ether oxygens (including phenoxy) is 1. The summed E-state index contributed by atoms with van der Waals surface area (Å²) in [7, 11) is 0. The number of hydrogen-bond acceptors (Lipinski definition) is 5. The first-order valence-electron chi connectivity index (χ1n) is 7.86. The first-order valence-corrected chi connectivity index (χ1v) is 7.86. The number of anilines is 1. The molecular formula is C18H29NO4. The van der Waals surface area contributed by atoms with Crippen LogP contribution >= 0.6 is 0 Å². The highest BCUT2D eigenvalue weighted by atomic mass is 16.5. The van der Waals surface area contributed by atoms with Crippen molar-refractivity contribution in [2.45, 2.75) is 48.0 Å². The average Bonchev–Trinajstić information content (AvgIpc) is 2.61. The molecule has 0 aliphatic rings. The summed E-state index contributed by atoms with van der Waals surface area (Å²) in [6, 6.07) is 9.70. The van der Waals surface area contributed by atoms with Gasteiger partial charge in [-0.25, -0.2) is 4.79 Å². The van der Waals surface area contributed by atoms with Crippen LogP contribution in [-0.2, 0) is 19.1 Å². The van der Waals surface area contributed by atoms with Crippen LogP contribution in [0.15, 0.2) is 42.1 Å². The molecule has 1 aromatic rings. The van der Waals surface area contributed by atoms with Crippen molar-refractivity contribution < 1.29 is 19.1 Å². The Morgan fingerprint density at radius 1 is 1.09 bits per heavy atom. The molecule has 0 aromatic heterocycles. The summed E-state index contributed by atoms with van der Waals surface area (Å²) < 4.78 is 4.94. The van der Waals surface area contributed by atoms with Gasteiger partial charge in [-0.05, 0) is 25.5 Å². The number of benzene rings is 1. The monoisotopic (exact) mass is 323 g/mol. The van der Waals surface area contributed by atoms with E-state index in [1.807, 2.05) is 65.0 Å². The fourth-order valence-corrected chi connectivity index (χ4v) is 1.23. The van der Waals surface area contributed by atoms with Crippen LogP contribution in [0.1, 0.15) is 48.0 Å². The first-order chi connectivity index (χ1) is 11.2. The summed E-state index contributed by atoms with van der Waals surface area (Å²) in [6.07, 6.45) is 2.60. The highest BCUT2D eigenvalue weighted by molar-refractivity contribution is 5.88. The van der Waals surface area contributed by atoms with Gasteiger partial charge in [0.05, 0.1) is 12.2 Å². The molecule has 0 saturated heterocycles. The Morgan fingerprint density at radius 2 is 1.57 bits per heavy atom. The van der Waals surface area contributed by atoms with Gasteiger partial charge in [0.2, 0.25) is 0 Å². The molecule has 0 heterocycles. The Balaban J connectivity index is -0.000000496. The fourth-order valence-electron chi connectivity index (χ4n) is 1.23. The molecule has 0 spiro atoms. The topological polar surface area (TPSA) is 72.5 Å². The molecule has 1 aromatic carbocycles. The van der Waals surface area contributed by atoms with Crippen LogP contribution in [0.25, 0.3) is 0 Å². The van der Waals surface area contributed by atoms with E-state index in [2.05, 4.69) is 5.32 Å². The summed E-state index contributed by atoms with van der Waals surface area (Å²) in [5.41, 5.74) is 1.60. The van der Waals surface area contributed by atoms with Crippen LogP contribution in [0.5, 0.6) is 0 Å². The van der Waals surface area contributed by atoms with E-state index in [1.165, 1.54) is 0 Å².